The van der Waals surface area contributed by atoms with Gasteiger partial charge in [0.25, 0.3) is 0 Å². The van der Waals surface area contributed by atoms with E-state index in [0.717, 1.165) is 5.69 Å². The molecule has 11 heteroatoms. The first-order valence-corrected chi connectivity index (χ1v) is 12.9. The Hall–Kier alpha value is -3.24. The Morgan fingerprint density at radius 1 is 1.29 bits per heavy atom. The van der Waals surface area contributed by atoms with Gasteiger partial charge in [-0.25, -0.2) is 9.18 Å². The fourth-order valence-corrected chi connectivity index (χ4v) is 4.98. The van der Waals surface area contributed by atoms with E-state index >= 15 is 0 Å². The predicted octanol–water partition coefficient (Wildman–Crippen LogP) is 5.43. The number of carbonyl (C=O) groups excluding carboxylic acids is 2. The highest BCUT2D eigenvalue weighted by Crippen LogP contribution is 2.40. The van der Waals surface area contributed by atoms with Crippen LogP contribution in [0.5, 0.6) is 0 Å². The van der Waals surface area contributed by atoms with Crippen LogP contribution < -0.4 is 10.6 Å². The molecule has 0 aliphatic carbocycles. The third kappa shape index (κ3) is 6.24. The highest BCUT2D eigenvalue weighted by Gasteiger charge is 2.44. The Bertz CT molecular complexity index is 1240. The van der Waals surface area contributed by atoms with E-state index in [2.05, 4.69) is 20.6 Å². The van der Waals surface area contributed by atoms with E-state index in [1.165, 1.54) is 17.0 Å². The Balaban J connectivity index is 1.71. The Morgan fingerprint density at radius 2 is 2.00 bits per heavy atom. The van der Waals surface area contributed by atoms with Crippen LogP contribution in [0.15, 0.2) is 35.5 Å². The Kier molecular flexibility index (Phi) is 7.94. The first-order chi connectivity index (χ1) is 17.9. The number of aliphatic imine (C=N–C) groups is 1. The number of ether oxygens (including phenoxy) is 2. The highest BCUT2D eigenvalue weighted by molar-refractivity contribution is 6.34. The number of anilines is 2. The van der Waals surface area contributed by atoms with Gasteiger partial charge in [-0.3, -0.25) is 14.7 Å². The predicted molar refractivity (Wildman–Crippen MR) is 143 cm³/mol. The van der Waals surface area contributed by atoms with E-state index in [4.69, 9.17) is 21.1 Å². The van der Waals surface area contributed by atoms with Gasteiger partial charge in [-0.1, -0.05) is 17.7 Å². The van der Waals surface area contributed by atoms with Crippen molar-refractivity contribution in [2.75, 3.05) is 18.5 Å². The topological polar surface area (TPSA) is 105 Å². The zero-order chi connectivity index (χ0) is 27.7. The van der Waals surface area contributed by atoms with Crippen LogP contribution in [-0.4, -0.2) is 52.7 Å². The fraction of sp³-hybridized carbons (Fsp3) is 0.481. The van der Waals surface area contributed by atoms with Gasteiger partial charge >= 0.3 is 6.09 Å². The number of aryl methyl sites for hydroxylation is 1. The molecule has 9 nitrogen and oxygen atoms in total. The smallest absolute Gasteiger partial charge is 0.437 e. The number of hydrogen-bond acceptors (Lipinski definition) is 6. The van der Waals surface area contributed by atoms with Crippen molar-refractivity contribution in [1.82, 2.24) is 15.2 Å². The molecule has 2 aliphatic heterocycles. The molecule has 0 spiro atoms. The van der Waals surface area contributed by atoms with Crippen molar-refractivity contribution in [3.05, 3.63) is 52.6 Å². The molecule has 1 atom stereocenters. The van der Waals surface area contributed by atoms with Crippen LogP contribution in [0, 0.1) is 12.7 Å². The van der Waals surface area contributed by atoms with Crippen LogP contribution >= 0.6 is 11.6 Å². The molecule has 2 aromatic rings. The summed E-state index contributed by atoms with van der Waals surface area (Å²) in [6, 6.07) is 6.20. The van der Waals surface area contributed by atoms with Gasteiger partial charge in [0.1, 0.15) is 11.4 Å². The molecule has 204 valence electrons. The van der Waals surface area contributed by atoms with E-state index < -0.39 is 23.1 Å². The van der Waals surface area contributed by atoms with E-state index in [-0.39, 0.29) is 35.0 Å². The molecule has 1 aromatic carbocycles. The number of guanidine groups is 1. The van der Waals surface area contributed by atoms with Crippen LogP contribution in [0.25, 0.3) is 0 Å². The number of halogens is 2. The number of rotatable bonds is 4. The lowest BCUT2D eigenvalue weighted by molar-refractivity contribution is -0.133. The average Bonchev–Trinajstić information content (AvgIpc) is 2.82. The Morgan fingerprint density at radius 3 is 2.63 bits per heavy atom. The lowest BCUT2D eigenvalue weighted by Crippen LogP contribution is -2.63. The minimum Gasteiger partial charge on any atom is -0.442 e. The van der Waals surface area contributed by atoms with Gasteiger partial charge in [0, 0.05) is 24.9 Å². The minimum absolute atomic E-state index is 0.00851. The summed E-state index contributed by atoms with van der Waals surface area (Å²) >= 11 is 6.76. The number of aromatic nitrogens is 1. The zero-order valence-corrected chi connectivity index (χ0v) is 23.0. The maximum Gasteiger partial charge on any atom is 0.437 e. The largest absolute Gasteiger partial charge is 0.442 e. The second-order valence-corrected chi connectivity index (χ2v) is 11.1. The van der Waals surface area contributed by atoms with Crippen molar-refractivity contribution >= 4 is 40.9 Å². The minimum atomic E-state index is -1.09. The second-order valence-electron chi connectivity index (χ2n) is 10.8. The second kappa shape index (κ2) is 10.9. The molecule has 2 amide bonds. The molecule has 2 fully saturated rings. The zero-order valence-electron chi connectivity index (χ0n) is 22.2. The first kappa shape index (κ1) is 27.8. The number of hydrogen-bond donors (Lipinski definition) is 2. The van der Waals surface area contributed by atoms with Crippen LogP contribution in [0.4, 0.5) is 20.6 Å². The summed E-state index contributed by atoms with van der Waals surface area (Å²) in [4.78, 5) is 36.2. The molecular formula is C27H33ClFN5O4. The summed E-state index contributed by atoms with van der Waals surface area (Å²) in [6.45, 7) is 9.83. The van der Waals surface area contributed by atoms with Crippen molar-refractivity contribution in [2.24, 2.45) is 4.99 Å². The summed E-state index contributed by atoms with van der Waals surface area (Å²) in [5, 5.41) is 6.36. The molecular weight excluding hydrogens is 513 g/mol. The fourth-order valence-electron chi connectivity index (χ4n) is 4.57. The lowest BCUT2D eigenvalue weighted by Gasteiger charge is -2.45. The molecule has 2 aliphatic rings. The summed E-state index contributed by atoms with van der Waals surface area (Å²) < 4.78 is 25.8. The van der Waals surface area contributed by atoms with Gasteiger partial charge in [0.15, 0.2) is 0 Å². The van der Waals surface area contributed by atoms with E-state index in [9.17, 15) is 14.0 Å². The number of nitrogens with zero attached hydrogens (tertiary/aromatic N) is 3. The lowest BCUT2D eigenvalue weighted by atomic mass is 9.85. The summed E-state index contributed by atoms with van der Waals surface area (Å²) in [5.74, 6) is -0.725. The van der Waals surface area contributed by atoms with Crippen molar-refractivity contribution < 1.29 is 23.5 Å². The quantitative estimate of drug-likeness (QED) is 0.527. The molecule has 4 rings (SSSR count). The van der Waals surface area contributed by atoms with Crippen LogP contribution in [0.3, 0.4) is 0 Å². The van der Waals surface area contributed by atoms with Gasteiger partial charge in [-0.2, -0.15) is 0 Å². The SMILES string of the molecule is Cc1ccc(Nc2c(F)ccc([C@]3(C)CC(=O)N(C4CCOCC4)/C(=N/C(=O)OC(C)(C)C)N3)c2Cl)cn1. The molecule has 2 N–H and O–H groups in total. The first-order valence-electron chi connectivity index (χ1n) is 12.5. The number of nitrogens with one attached hydrogen (secondary N) is 2. The highest BCUT2D eigenvalue weighted by atomic mass is 35.5. The Labute approximate surface area is 226 Å². The van der Waals surface area contributed by atoms with Crippen molar-refractivity contribution in [3.63, 3.8) is 0 Å². The monoisotopic (exact) mass is 545 g/mol. The molecule has 0 bridgehead atoms. The van der Waals surface area contributed by atoms with Crippen molar-refractivity contribution in [1.29, 1.82) is 0 Å². The number of amides is 2. The van der Waals surface area contributed by atoms with Gasteiger partial charge in [0.2, 0.25) is 11.9 Å². The van der Waals surface area contributed by atoms with Crippen molar-refractivity contribution in [3.8, 4) is 0 Å². The van der Waals surface area contributed by atoms with Crippen LogP contribution in [0.2, 0.25) is 5.02 Å². The van der Waals surface area contributed by atoms with Crippen molar-refractivity contribution in [2.45, 2.75) is 71.1 Å². The number of benzene rings is 1. The van der Waals surface area contributed by atoms with E-state index in [1.807, 2.05) is 6.92 Å². The normalized spacial score (nSPS) is 21.8. The van der Waals surface area contributed by atoms with Crippen LogP contribution in [-0.2, 0) is 19.8 Å². The maximum atomic E-state index is 14.9. The van der Waals surface area contributed by atoms with Gasteiger partial charge < -0.3 is 20.1 Å². The molecule has 1 aromatic heterocycles. The molecule has 0 radical (unpaired) electrons. The van der Waals surface area contributed by atoms with Gasteiger partial charge in [-0.05, 0) is 71.2 Å². The third-order valence-corrected chi connectivity index (χ3v) is 6.79. The molecule has 3 heterocycles. The van der Waals surface area contributed by atoms with E-state index in [0.29, 0.717) is 37.3 Å². The summed E-state index contributed by atoms with van der Waals surface area (Å²) in [5.41, 5.74) is 0.0520. The average molecular weight is 546 g/mol. The molecule has 0 saturated carbocycles. The number of pyridine rings is 1. The number of carbonyl (C=O) groups is 2. The van der Waals surface area contributed by atoms with E-state index in [1.54, 1.807) is 46.0 Å². The summed E-state index contributed by atoms with van der Waals surface area (Å²) in [6.07, 6.45) is 1.97. The molecule has 38 heavy (non-hydrogen) atoms. The standard InChI is InChI=1S/C27H33ClFN5O4/c1-16-6-7-17(15-30-16)31-23-20(29)9-8-19(22(23)28)27(5)14-21(35)34(18-10-12-37-13-11-18)24(33-27)32-25(36)38-26(2,3)4/h6-9,15,18,31H,10-14H2,1-5H3,(H,32,33,36)/t27-/m0/s1. The summed E-state index contributed by atoms with van der Waals surface area (Å²) in [7, 11) is 0. The van der Waals surface area contributed by atoms with Gasteiger partial charge in [0.05, 0.1) is 34.6 Å². The molecule has 0 unspecified atom stereocenters. The maximum absolute atomic E-state index is 14.9. The third-order valence-electron chi connectivity index (χ3n) is 6.40. The molecule has 2 saturated heterocycles. The van der Waals surface area contributed by atoms with Gasteiger partial charge in [-0.15, -0.1) is 4.99 Å². The van der Waals surface area contributed by atoms with Crippen LogP contribution in [0.1, 0.15) is 58.2 Å².